The van der Waals surface area contributed by atoms with Crippen molar-refractivity contribution in [2.24, 2.45) is 0 Å². The number of esters is 1. The molecule has 0 aliphatic carbocycles. The lowest BCUT2D eigenvalue weighted by atomic mass is 10.1. The van der Waals surface area contributed by atoms with Gasteiger partial charge in [-0.25, -0.2) is 4.79 Å². The fourth-order valence-corrected chi connectivity index (χ4v) is 2.41. The molecule has 2 aromatic carbocycles. The van der Waals surface area contributed by atoms with Crippen LogP contribution in [-0.2, 0) is 9.53 Å². The number of hydrogen-bond acceptors (Lipinski definition) is 4. The average Bonchev–Trinajstić information content (AvgIpc) is 2.58. The van der Waals surface area contributed by atoms with Gasteiger partial charge < -0.3 is 14.8 Å². The molecule has 0 bridgehead atoms. The van der Waals surface area contributed by atoms with E-state index in [-0.39, 0.29) is 5.56 Å². The molecule has 1 amide bonds. The minimum absolute atomic E-state index is 0.279. The zero-order chi connectivity index (χ0) is 18.6. The first kappa shape index (κ1) is 18.8. The molecule has 0 saturated heterocycles. The number of ether oxygens (including phenoxy) is 2. The molecule has 0 heterocycles. The summed E-state index contributed by atoms with van der Waals surface area (Å²) >= 11 is 6.04. The summed E-state index contributed by atoms with van der Waals surface area (Å²) in [5.74, 6) is -0.662. The van der Waals surface area contributed by atoms with E-state index in [1.54, 1.807) is 37.3 Å². The van der Waals surface area contributed by atoms with Crippen LogP contribution in [0.4, 0.5) is 5.69 Å². The number of rotatable bonds is 5. The quantitative estimate of drug-likeness (QED) is 0.812. The second-order valence-corrected chi connectivity index (χ2v) is 6.06. The number of carbonyl (C=O) groups is 2. The molecule has 6 heteroatoms. The van der Waals surface area contributed by atoms with Gasteiger partial charge in [-0.1, -0.05) is 29.3 Å². The Morgan fingerprint density at radius 3 is 2.56 bits per heavy atom. The van der Waals surface area contributed by atoms with Gasteiger partial charge in [-0.2, -0.15) is 0 Å². The fourth-order valence-electron chi connectivity index (χ4n) is 2.24. The number of carbonyl (C=O) groups excluding carboxylic acids is 2. The molecule has 0 spiro atoms. The molecule has 0 fully saturated rings. The number of nitrogens with one attached hydrogen (secondary N) is 1. The molecule has 2 aromatic rings. The number of hydrogen-bond donors (Lipinski definition) is 1. The molecular formula is C19H20ClNO4. The Morgan fingerprint density at radius 2 is 1.88 bits per heavy atom. The number of anilines is 1. The van der Waals surface area contributed by atoms with Crippen LogP contribution in [0.2, 0.25) is 5.02 Å². The van der Waals surface area contributed by atoms with E-state index in [0.717, 1.165) is 11.1 Å². The zero-order valence-electron chi connectivity index (χ0n) is 14.6. The first-order chi connectivity index (χ1) is 11.8. The van der Waals surface area contributed by atoms with E-state index >= 15 is 0 Å². The molecule has 0 saturated carbocycles. The van der Waals surface area contributed by atoms with Crippen molar-refractivity contribution in [2.45, 2.75) is 26.9 Å². The SMILES string of the molecule is COc1ccc(C)cc1C(=O)O[C@@H](C)C(=O)Nc1cccc(Cl)c1C. The van der Waals surface area contributed by atoms with E-state index in [9.17, 15) is 9.59 Å². The topological polar surface area (TPSA) is 64.6 Å². The van der Waals surface area contributed by atoms with Crippen molar-refractivity contribution >= 4 is 29.2 Å². The predicted octanol–water partition coefficient (Wildman–Crippen LogP) is 4.15. The largest absolute Gasteiger partial charge is 0.496 e. The van der Waals surface area contributed by atoms with Gasteiger partial charge in [0.1, 0.15) is 11.3 Å². The van der Waals surface area contributed by atoms with Crippen LogP contribution in [-0.4, -0.2) is 25.1 Å². The average molecular weight is 362 g/mol. The Kier molecular flexibility index (Phi) is 6.04. The summed E-state index contributed by atoms with van der Waals surface area (Å²) in [5.41, 5.74) is 2.49. The highest BCUT2D eigenvalue weighted by Crippen LogP contribution is 2.24. The van der Waals surface area contributed by atoms with Crippen molar-refractivity contribution in [3.8, 4) is 5.75 Å². The van der Waals surface area contributed by atoms with Gasteiger partial charge in [0, 0.05) is 10.7 Å². The number of amides is 1. The Labute approximate surface area is 151 Å². The maximum Gasteiger partial charge on any atom is 0.342 e. The Morgan fingerprint density at radius 1 is 1.16 bits per heavy atom. The van der Waals surface area contributed by atoms with E-state index in [1.165, 1.54) is 14.0 Å². The smallest absolute Gasteiger partial charge is 0.342 e. The second kappa shape index (κ2) is 8.03. The maximum absolute atomic E-state index is 12.4. The Hall–Kier alpha value is -2.53. The van der Waals surface area contributed by atoms with Gasteiger partial charge in [-0.05, 0) is 50.6 Å². The molecule has 0 aromatic heterocycles. The van der Waals surface area contributed by atoms with Crippen molar-refractivity contribution in [3.05, 3.63) is 58.1 Å². The normalized spacial score (nSPS) is 11.6. The standard InChI is InChI=1S/C19H20ClNO4/c1-11-8-9-17(24-4)14(10-11)19(23)25-13(3)18(22)21-16-7-5-6-15(20)12(16)2/h5-10,13H,1-4H3,(H,21,22)/t13-/m0/s1. The van der Waals surface area contributed by atoms with Crippen molar-refractivity contribution in [3.63, 3.8) is 0 Å². The first-order valence-electron chi connectivity index (χ1n) is 7.75. The highest BCUT2D eigenvalue weighted by atomic mass is 35.5. The molecular weight excluding hydrogens is 342 g/mol. The van der Waals surface area contributed by atoms with E-state index in [4.69, 9.17) is 21.1 Å². The van der Waals surface area contributed by atoms with Crippen LogP contribution < -0.4 is 10.1 Å². The zero-order valence-corrected chi connectivity index (χ0v) is 15.3. The second-order valence-electron chi connectivity index (χ2n) is 5.65. The summed E-state index contributed by atoms with van der Waals surface area (Å²) < 4.78 is 10.4. The number of methoxy groups -OCH3 is 1. The molecule has 25 heavy (non-hydrogen) atoms. The number of halogens is 1. The molecule has 5 nitrogen and oxygen atoms in total. The Balaban J connectivity index is 2.09. The summed E-state index contributed by atoms with van der Waals surface area (Å²) in [6.07, 6.45) is -0.976. The highest BCUT2D eigenvalue weighted by molar-refractivity contribution is 6.31. The van der Waals surface area contributed by atoms with Gasteiger partial charge >= 0.3 is 5.97 Å². The van der Waals surface area contributed by atoms with Crippen molar-refractivity contribution < 1.29 is 19.1 Å². The molecule has 1 atom stereocenters. The number of aryl methyl sites for hydroxylation is 1. The van der Waals surface area contributed by atoms with Crippen LogP contribution in [0.15, 0.2) is 36.4 Å². The third kappa shape index (κ3) is 4.51. The van der Waals surface area contributed by atoms with Gasteiger partial charge in [-0.3, -0.25) is 4.79 Å². The third-order valence-electron chi connectivity index (χ3n) is 3.75. The van der Waals surface area contributed by atoms with Crippen LogP contribution in [0, 0.1) is 13.8 Å². The number of benzene rings is 2. The van der Waals surface area contributed by atoms with Crippen molar-refractivity contribution in [1.82, 2.24) is 0 Å². The van der Waals surface area contributed by atoms with Crippen LogP contribution in [0.3, 0.4) is 0 Å². The van der Waals surface area contributed by atoms with Crippen molar-refractivity contribution in [2.75, 3.05) is 12.4 Å². The monoisotopic (exact) mass is 361 g/mol. The summed E-state index contributed by atoms with van der Waals surface area (Å²) in [5, 5.41) is 3.26. The first-order valence-corrected chi connectivity index (χ1v) is 8.13. The molecule has 0 aliphatic heterocycles. The minimum Gasteiger partial charge on any atom is -0.496 e. The lowest BCUT2D eigenvalue weighted by Gasteiger charge is -2.16. The molecule has 132 valence electrons. The lowest BCUT2D eigenvalue weighted by molar-refractivity contribution is -0.123. The molecule has 2 rings (SSSR count). The van der Waals surface area contributed by atoms with Crippen LogP contribution in [0.1, 0.15) is 28.4 Å². The van der Waals surface area contributed by atoms with Crippen LogP contribution in [0.25, 0.3) is 0 Å². The third-order valence-corrected chi connectivity index (χ3v) is 4.16. The van der Waals surface area contributed by atoms with Gasteiger partial charge in [0.15, 0.2) is 6.10 Å². The molecule has 0 unspecified atom stereocenters. The van der Waals surface area contributed by atoms with E-state index < -0.39 is 18.0 Å². The van der Waals surface area contributed by atoms with Crippen LogP contribution in [0.5, 0.6) is 5.75 Å². The van der Waals surface area contributed by atoms with Gasteiger partial charge in [0.2, 0.25) is 0 Å². The fraction of sp³-hybridized carbons (Fsp3) is 0.263. The lowest BCUT2D eigenvalue weighted by Crippen LogP contribution is -2.30. The maximum atomic E-state index is 12.4. The summed E-state index contributed by atoms with van der Waals surface area (Å²) in [4.78, 5) is 24.7. The van der Waals surface area contributed by atoms with E-state index in [2.05, 4.69) is 5.32 Å². The summed E-state index contributed by atoms with van der Waals surface area (Å²) in [7, 11) is 1.47. The van der Waals surface area contributed by atoms with Crippen LogP contribution >= 0.6 is 11.6 Å². The van der Waals surface area contributed by atoms with E-state index in [0.29, 0.717) is 16.5 Å². The highest BCUT2D eigenvalue weighted by Gasteiger charge is 2.22. The molecule has 0 aliphatic rings. The molecule has 1 N–H and O–H groups in total. The van der Waals surface area contributed by atoms with Gasteiger partial charge in [0.25, 0.3) is 5.91 Å². The summed E-state index contributed by atoms with van der Waals surface area (Å²) in [6, 6.07) is 10.4. The van der Waals surface area contributed by atoms with E-state index in [1.807, 2.05) is 13.0 Å². The van der Waals surface area contributed by atoms with Crippen molar-refractivity contribution in [1.29, 1.82) is 0 Å². The minimum atomic E-state index is -0.976. The van der Waals surface area contributed by atoms with Gasteiger partial charge in [-0.15, -0.1) is 0 Å². The van der Waals surface area contributed by atoms with Gasteiger partial charge in [0.05, 0.1) is 7.11 Å². The predicted molar refractivity (Wildman–Crippen MR) is 97.4 cm³/mol. The molecule has 0 radical (unpaired) electrons. The Bertz CT molecular complexity index is 804. The summed E-state index contributed by atoms with van der Waals surface area (Å²) in [6.45, 7) is 5.16.